The third-order valence-electron chi connectivity index (χ3n) is 2.70. The van der Waals surface area contributed by atoms with E-state index < -0.39 is 17.8 Å². The van der Waals surface area contributed by atoms with Crippen LogP contribution in [0.25, 0.3) is 0 Å². The highest BCUT2D eigenvalue weighted by Crippen LogP contribution is 2.10. The van der Waals surface area contributed by atoms with Crippen LogP contribution in [0.2, 0.25) is 0 Å². The van der Waals surface area contributed by atoms with E-state index in [1.807, 2.05) is 13.8 Å². The number of ether oxygens (including phenoxy) is 1. The number of hydrogen-bond donors (Lipinski definition) is 1. The SMILES string of the molecule is CCOC(=O)CN(CC(C)C)C(=O)C(C)=C(C)C(=O)O. The van der Waals surface area contributed by atoms with E-state index in [0.29, 0.717) is 6.54 Å². The zero-order valence-electron chi connectivity index (χ0n) is 12.7. The zero-order chi connectivity index (χ0) is 15.9. The Morgan fingerprint density at radius 1 is 1.15 bits per heavy atom. The molecule has 0 bridgehead atoms. The molecule has 0 aromatic heterocycles. The molecule has 0 heterocycles. The molecule has 20 heavy (non-hydrogen) atoms. The summed E-state index contributed by atoms with van der Waals surface area (Å²) in [5, 5.41) is 8.91. The van der Waals surface area contributed by atoms with Gasteiger partial charge in [0.1, 0.15) is 6.54 Å². The summed E-state index contributed by atoms with van der Waals surface area (Å²) in [4.78, 5) is 36.0. The van der Waals surface area contributed by atoms with Crippen molar-refractivity contribution in [1.82, 2.24) is 4.90 Å². The minimum atomic E-state index is -1.14. The van der Waals surface area contributed by atoms with Gasteiger partial charge in [-0.25, -0.2) is 4.79 Å². The van der Waals surface area contributed by atoms with Crippen LogP contribution in [0, 0.1) is 5.92 Å². The monoisotopic (exact) mass is 285 g/mol. The summed E-state index contributed by atoms with van der Waals surface area (Å²) in [6.45, 7) is 8.76. The van der Waals surface area contributed by atoms with E-state index >= 15 is 0 Å². The minimum absolute atomic E-state index is 0.0207. The third kappa shape index (κ3) is 5.86. The van der Waals surface area contributed by atoms with Gasteiger partial charge in [-0.2, -0.15) is 0 Å². The summed E-state index contributed by atoms with van der Waals surface area (Å²) in [6.07, 6.45) is 0. The molecule has 1 amide bonds. The molecular weight excluding hydrogens is 262 g/mol. The zero-order valence-corrected chi connectivity index (χ0v) is 12.7. The second-order valence-corrected chi connectivity index (χ2v) is 4.94. The summed E-state index contributed by atoms with van der Waals surface area (Å²) in [5.74, 6) is -1.93. The molecule has 0 unspecified atom stereocenters. The first kappa shape index (κ1) is 18.1. The Morgan fingerprint density at radius 2 is 1.70 bits per heavy atom. The lowest BCUT2D eigenvalue weighted by atomic mass is 10.1. The summed E-state index contributed by atoms with van der Waals surface area (Å²) in [7, 11) is 0. The van der Waals surface area contributed by atoms with Crippen LogP contribution in [0.1, 0.15) is 34.6 Å². The maximum Gasteiger partial charge on any atom is 0.331 e. The molecule has 0 atom stereocenters. The van der Waals surface area contributed by atoms with Gasteiger partial charge in [-0.05, 0) is 26.7 Å². The van der Waals surface area contributed by atoms with Crippen LogP contribution in [0.4, 0.5) is 0 Å². The fourth-order valence-electron chi connectivity index (χ4n) is 1.58. The second-order valence-electron chi connectivity index (χ2n) is 4.94. The number of carboxylic acids is 1. The van der Waals surface area contributed by atoms with Gasteiger partial charge in [0.05, 0.1) is 6.61 Å². The van der Waals surface area contributed by atoms with Crippen LogP contribution < -0.4 is 0 Å². The number of carbonyl (C=O) groups is 3. The lowest BCUT2D eigenvalue weighted by Crippen LogP contribution is -2.39. The van der Waals surface area contributed by atoms with Crippen LogP contribution in [0.5, 0.6) is 0 Å². The molecule has 0 saturated carbocycles. The molecule has 0 fully saturated rings. The predicted octanol–water partition coefficient (Wildman–Crippen LogP) is 1.46. The van der Waals surface area contributed by atoms with Crippen molar-refractivity contribution in [2.45, 2.75) is 34.6 Å². The van der Waals surface area contributed by atoms with Crippen molar-refractivity contribution >= 4 is 17.8 Å². The lowest BCUT2D eigenvalue weighted by molar-refractivity contribution is -0.148. The first-order chi connectivity index (χ1) is 9.20. The van der Waals surface area contributed by atoms with Gasteiger partial charge in [0.25, 0.3) is 5.91 Å². The number of hydrogen-bond acceptors (Lipinski definition) is 4. The average molecular weight is 285 g/mol. The van der Waals surface area contributed by atoms with Crippen LogP contribution in [-0.2, 0) is 19.1 Å². The number of amides is 1. The van der Waals surface area contributed by atoms with Crippen LogP contribution in [0.15, 0.2) is 11.1 Å². The Kier molecular flexibility index (Phi) is 7.57. The Hall–Kier alpha value is -1.85. The van der Waals surface area contributed by atoms with E-state index in [9.17, 15) is 14.4 Å². The molecule has 0 aromatic carbocycles. The Balaban J connectivity index is 5.13. The summed E-state index contributed by atoms with van der Waals surface area (Å²) in [5.41, 5.74) is 0.107. The second kappa shape index (κ2) is 8.35. The quantitative estimate of drug-likeness (QED) is 0.565. The van der Waals surface area contributed by atoms with Gasteiger partial charge < -0.3 is 14.7 Å². The smallest absolute Gasteiger partial charge is 0.331 e. The normalized spacial score (nSPS) is 11.9. The highest BCUT2D eigenvalue weighted by Gasteiger charge is 2.22. The molecule has 1 N–H and O–H groups in total. The number of rotatable bonds is 7. The van der Waals surface area contributed by atoms with Crippen molar-refractivity contribution in [2.75, 3.05) is 19.7 Å². The van der Waals surface area contributed by atoms with Crippen LogP contribution in [0.3, 0.4) is 0 Å². The van der Waals surface area contributed by atoms with Crippen molar-refractivity contribution in [3.63, 3.8) is 0 Å². The standard InChI is InChI=1S/C14H23NO5/c1-6-20-12(16)8-15(7-9(2)3)13(17)10(4)11(5)14(18)19/h9H,6-8H2,1-5H3,(H,18,19). The largest absolute Gasteiger partial charge is 0.478 e. The Bertz CT molecular complexity index is 412. The van der Waals surface area contributed by atoms with Gasteiger partial charge in [-0.15, -0.1) is 0 Å². The molecule has 0 aliphatic rings. The van der Waals surface area contributed by atoms with Crippen molar-refractivity contribution in [3.05, 3.63) is 11.1 Å². The molecule has 6 heteroatoms. The van der Waals surface area contributed by atoms with E-state index in [1.54, 1.807) is 6.92 Å². The molecule has 0 rings (SSSR count). The molecular formula is C14H23NO5. The molecule has 6 nitrogen and oxygen atoms in total. The minimum Gasteiger partial charge on any atom is -0.478 e. The van der Waals surface area contributed by atoms with E-state index in [2.05, 4.69) is 0 Å². The van der Waals surface area contributed by atoms with Crippen molar-refractivity contribution in [2.24, 2.45) is 5.92 Å². The fraction of sp³-hybridized carbons (Fsp3) is 0.643. The van der Waals surface area contributed by atoms with Gasteiger partial charge in [0, 0.05) is 17.7 Å². The Labute approximate surface area is 119 Å². The van der Waals surface area contributed by atoms with E-state index in [0.717, 1.165) is 0 Å². The molecule has 0 saturated heterocycles. The highest BCUT2D eigenvalue weighted by atomic mass is 16.5. The van der Waals surface area contributed by atoms with Crippen LogP contribution >= 0.6 is 0 Å². The number of nitrogens with zero attached hydrogens (tertiary/aromatic N) is 1. The van der Waals surface area contributed by atoms with Crippen molar-refractivity contribution < 1.29 is 24.2 Å². The maximum atomic E-state index is 12.3. The average Bonchev–Trinajstić information content (AvgIpc) is 2.34. The third-order valence-corrected chi connectivity index (χ3v) is 2.70. The first-order valence-electron chi connectivity index (χ1n) is 6.56. The van der Waals surface area contributed by atoms with Crippen molar-refractivity contribution in [1.29, 1.82) is 0 Å². The number of aliphatic carboxylic acids is 1. The van der Waals surface area contributed by atoms with Gasteiger partial charge in [0.15, 0.2) is 0 Å². The van der Waals surface area contributed by atoms with E-state index in [1.165, 1.54) is 18.7 Å². The topological polar surface area (TPSA) is 83.9 Å². The number of carbonyl (C=O) groups excluding carboxylic acids is 2. The molecule has 0 spiro atoms. The molecule has 114 valence electrons. The van der Waals surface area contributed by atoms with Gasteiger partial charge in [-0.1, -0.05) is 13.8 Å². The summed E-state index contributed by atoms with van der Waals surface area (Å²) >= 11 is 0. The highest BCUT2D eigenvalue weighted by molar-refractivity contribution is 6.02. The first-order valence-corrected chi connectivity index (χ1v) is 6.56. The van der Waals surface area contributed by atoms with Crippen molar-refractivity contribution in [3.8, 4) is 0 Å². The fourth-order valence-corrected chi connectivity index (χ4v) is 1.58. The maximum absolute atomic E-state index is 12.3. The number of esters is 1. The van der Waals surface area contributed by atoms with E-state index in [4.69, 9.17) is 9.84 Å². The van der Waals surface area contributed by atoms with Gasteiger partial charge >= 0.3 is 11.9 Å². The van der Waals surface area contributed by atoms with E-state index in [-0.39, 0.29) is 30.2 Å². The summed E-state index contributed by atoms with van der Waals surface area (Å²) in [6, 6.07) is 0. The summed E-state index contributed by atoms with van der Waals surface area (Å²) < 4.78 is 4.83. The Morgan fingerprint density at radius 3 is 2.10 bits per heavy atom. The van der Waals surface area contributed by atoms with Gasteiger partial charge in [0.2, 0.25) is 0 Å². The molecule has 0 aromatic rings. The van der Waals surface area contributed by atoms with Gasteiger partial charge in [-0.3, -0.25) is 9.59 Å². The molecule has 0 radical (unpaired) electrons. The molecule has 0 aliphatic carbocycles. The predicted molar refractivity (Wildman–Crippen MR) is 74.1 cm³/mol. The van der Waals surface area contributed by atoms with Crippen LogP contribution in [-0.4, -0.2) is 47.5 Å². The number of carboxylic acid groups (broad SMARTS) is 1. The molecule has 0 aliphatic heterocycles. The lowest BCUT2D eigenvalue weighted by Gasteiger charge is -2.24.